The van der Waals surface area contributed by atoms with Gasteiger partial charge in [-0.1, -0.05) is 12.1 Å². The maximum Gasteiger partial charge on any atom is 0.351 e. The summed E-state index contributed by atoms with van der Waals surface area (Å²) in [7, 11) is 0. The van der Waals surface area contributed by atoms with Crippen LogP contribution in [0, 0.1) is 0 Å². The van der Waals surface area contributed by atoms with Gasteiger partial charge in [0.15, 0.2) is 17.6 Å². The van der Waals surface area contributed by atoms with Crippen LogP contribution in [0.2, 0.25) is 0 Å². The number of carbonyl (C=O) groups excluding carboxylic acids is 1. The monoisotopic (exact) mass is 362 g/mol. The molecule has 1 aromatic heterocycles. The van der Waals surface area contributed by atoms with E-state index in [4.69, 9.17) is 23.4 Å². The number of esters is 1. The SMILES string of the molecule is CCOC(=O)c1cc2cccc(OCCOC3CCCCO3)c2oc1=O. The van der Waals surface area contributed by atoms with Crippen molar-refractivity contribution in [2.75, 3.05) is 26.4 Å². The van der Waals surface area contributed by atoms with E-state index in [-0.39, 0.29) is 18.5 Å². The van der Waals surface area contributed by atoms with E-state index in [1.807, 2.05) is 0 Å². The van der Waals surface area contributed by atoms with Crippen molar-refractivity contribution in [1.82, 2.24) is 0 Å². The first kappa shape index (κ1) is 18.4. The van der Waals surface area contributed by atoms with E-state index in [9.17, 15) is 9.59 Å². The number of rotatable bonds is 7. The molecule has 3 rings (SSSR count). The van der Waals surface area contributed by atoms with Crippen LogP contribution in [0.4, 0.5) is 0 Å². The molecule has 2 heterocycles. The lowest BCUT2D eigenvalue weighted by Crippen LogP contribution is -2.24. The van der Waals surface area contributed by atoms with Gasteiger partial charge < -0.3 is 23.4 Å². The quantitative estimate of drug-likeness (QED) is 0.425. The van der Waals surface area contributed by atoms with Crippen molar-refractivity contribution in [3.05, 3.63) is 40.2 Å². The van der Waals surface area contributed by atoms with E-state index in [1.165, 1.54) is 6.07 Å². The van der Waals surface area contributed by atoms with Gasteiger partial charge >= 0.3 is 11.6 Å². The Labute approximate surface area is 150 Å². The van der Waals surface area contributed by atoms with Crippen LogP contribution in [-0.4, -0.2) is 38.7 Å². The number of para-hydroxylation sites is 1. The maximum atomic E-state index is 12.1. The molecule has 1 aliphatic rings. The molecule has 2 aromatic rings. The predicted molar refractivity (Wildman–Crippen MR) is 93.5 cm³/mol. The lowest BCUT2D eigenvalue weighted by atomic mass is 10.2. The number of hydrogen-bond donors (Lipinski definition) is 0. The van der Waals surface area contributed by atoms with Crippen molar-refractivity contribution in [1.29, 1.82) is 0 Å². The molecule has 0 bridgehead atoms. The zero-order valence-electron chi connectivity index (χ0n) is 14.7. The highest BCUT2D eigenvalue weighted by Gasteiger charge is 2.17. The first-order valence-corrected chi connectivity index (χ1v) is 8.79. The second kappa shape index (κ2) is 8.82. The van der Waals surface area contributed by atoms with Gasteiger partial charge in [0.1, 0.15) is 12.2 Å². The Hall–Kier alpha value is -2.38. The second-order valence-electron chi connectivity index (χ2n) is 5.86. The summed E-state index contributed by atoms with van der Waals surface area (Å²) >= 11 is 0. The number of ether oxygens (including phenoxy) is 4. The molecule has 1 aromatic carbocycles. The maximum absolute atomic E-state index is 12.1. The highest BCUT2D eigenvalue weighted by atomic mass is 16.7. The zero-order valence-corrected chi connectivity index (χ0v) is 14.7. The Morgan fingerprint density at radius 1 is 1.27 bits per heavy atom. The van der Waals surface area contributed by atoms with Crippen molar-refractivity contribution < 1.29 is 28.2 Å². The summed E-state index contributed by atoms with van der Waals surface area (Å²) in [5.74, 6) is -0.279. The molecule has 0 spiro atoms. The molecule has 140 valence electrons. The van der Waals surface area contributed by atoms with Gasteiger partial charge in [-0.05, 0) is 38.3 Å². The fourth-order valence-electron chi connectivity index (χ4n) is 2.76. The van der Waals surface area contributed by atoms with Crippen LogP contribution in [0.5, 0.6) is 5.75 Å². The molecular weight excluding hydrogens is 340 g/mol. The summed E-state index contributed by atoms with van der Waals surface area (Å²) in [4.78, 5) is 23.9. The lowest BCUT2D eigenvalue weighted by Gasteiger charge is -2.22. The molecule has 0 saturated carbocycles. The van der Waals surface area contributed by atoms with Crippen molar-refractivity contribution in [3.63, 3.8) is 0 Å². The number of benzene rings is 1. The van der Waals surface area contributed by atoms with Crippen LogP contribution in [0.1, 0.15) is 36.5 Å². The Bertz CT molecular complexity index is 805. The van der Waals surface area contributed by atoms with Gasteiger partial charge in [0.25, 0.3) is 0 Å². The lowest BCUT2D eigenvalue weighted by molar-refractivity contribution is -0.165. The molecule has 0 radical (unpaired) electrons. The third-order valence-electron chi connectivity index (χ3n) is 4.00. The summed E-state index contributed by atoms with van der Waals surface area (Å²) in [5.41, 5.74) is -0.590. The molecule has 7 nitrogen and oxygen atoms in total. The molecule has 1 saturated heterocycles. The molecule has 1 fully saturated rings. The van der Waals surface area contributed by atoms with E-state index in [0.717, 1.165) is 25.9 Å². The first-order valence-electron chi connectivity index (χ1n) is 8.79. The third-order valence-corrected chi connectivity index (χ3v) is 4.00. The fraction of sp³-hybridized carbons (Fsp3) is 0.474. The molecule has 0 N–H and O–H groups in total. The van der Waals surface area contributed by atoms with Gasteiger partial charge in [-0.3, -0.25) is 0 Å². The van der Waals surface area contributed by atoms with Crippen LogP contribution in [-0.2, 0) is 14.2 Å². The van der Waals surface area contributed by atoms with Crippen molar-refractivity contribution in [2.45, 2.75) is 32.5 Å². The van der Waals surface area contributed by atoms with Crippen LogP contribution in [0.25, 0.3) is 11.0 Å². The highest BCUT2D eigenvalue weighted by Crippen LogP contribution is 2.25. The number of fused-ring (bicyclic) bond motifs is 1. The molecule has 0 aliphatic carbocycles. The largest absolute Gasteiger partial charge is 0.487 e. The van der Waals surface area contributed by atoms with Crippen molar-refractivity contribution in [3.8, 4) is 5.75 Å². The second-order valence-corrected chi connectivity index (χ2v) is 5.86. The van der Waals surface area contributed by atoms with Gasteiger partial charge in [0.05, 0.1) is 13.2 Å². The predicted octanol–water partition coefficient (Wildman–Crippen LogP) is 2.89. The smallest absolute Gasteiger partial charge is 0.351 e. The van der Waals surface area contributed by atoms with Crippen molar-refractivity contribution in [2.24, 2.45) is 0 Å². The summed E-state index contributed by atoms with van der Waals surface area (Å²) in [6.45, 7) is 3.24. The van der Waals surface area contributed by atoms with E-state index in [2.05, 4.69) is 0 Å². The van der Waals surface area contributed by atoms with E-state index < -0.39 is 11.6 Å². The van der Waals surface area contributed by atoms with E-state index in [1.54, 1.807) is 25.1 Å². The normalized spacial score (nSPS) is 17.2. The molecule has 1 aliphatic heterocycles. The Morgan fingerprint density at radius 3 is 2.92 bits per heavy atom. The van der Waals surface area contributed by atoms with Crippen LogP contribution in [0.15, 0.2) is 33.5 Å². The first-order chi connectivity index (χ1) is 12.7. The van der Waals surface area contributed by atoms with E-state index >= 15 is 0 Å². The van der Waals surface area contributed by atoms with Gasteiger partial charge in [-0.15, -0.1) is 0 Å². The topological polar surface area (TPSA) is 84.2 Å². The molecule has 1 atom stereocenters. The third kappa shape index (κ3) is 4.42. The van der Waals surface area contributed by atoms with Crippen LogP contribution in [0.3, 0.4) is 0 Å². The minimum absolute atomic E-state index is 0.130. The minimum atomic E-state index is -0.751. The summed E-state index contributed by atoms with van der Waals surface area (Å²) in [6.07, 6.45) is 2.88. The Kier molecular flexibility index (Phi) is 6.25. The average Bonchev–Trinajstić information content (AvgIpc) is 2.66. The molecular formula is C19H22O7. The van der Waals surface area contributed by atoms with Gasteiger partial charge in [-0.2, -0.15) is 0 Å². The molecule has 0 amide bonds. The highest BCUT2D eigenvalue weighted by molar-refractivity contribution is 5.93. The van der Waals surface area contributed by atoms with Crippen LogP contribution >= 0.6 is 0 Å². The standard InChI is InChI=1S/C19H22O7/c1-2-22-18(20)14-12-13-6-5-7-15(17(13)26-19(14)21)23-10-11-25-16-8-3-4-9-24-16/h5-7,12,16H,2-4,8-11H2,1H3. The Morgan fingerprint density at radius 2 is 2.15 bits per heavy atom. The molecule has 26 heavy (non-hydrogen) atoms. The Balaban J connectivity index is 1.67. The summed E-state index contributed by atoms with van der Waals surface area (Å²) in [5, 5.41) is 0.585. The minimum Gasteiger partial charge on any atom is -0.487 e. The fourth-order valence-corrected chi connectivity index (χ4v) is 2.76. The van der Waals surface area contributed by atoms with Gasteiger partial charge in [-0.25, -0.2) is 9.59 Å². The number of hydrogen-bond acceptors (Lipinski definition) is 7. The average molecular weight is 362 g/mol. The number of carbonyl (C=O) groups is 1. The van der Waals surface area contributed by atoms with Crippen LogP contribution < -0.4 is 10.4 Å². The zero-order chi connectivity index (χ0) is 18.4. The molecule has 1 unspecified atom stereocenters. The van der Waals surface area contributed by atoms with Gasteiger partial charge in [0, 0.05) is 12.0 Å². The summed E-state index contributed by atoms with van der Waals surface area (Å²) in [6, 6.07) is 6.66. The van der Waals surface area contributed by atoms with Crippen molar-refractivity contribution >= 4 is 16.9 Å². The van der Waals surface area contributed by atoms with Gasteiger partial charge in [0.2, 0.25) is 0 Å². The summed E-state index contributed by atoms with van der Waals surface area (Å²) < 4.78 is 26.9. The van der Waals surface area contributed by atoms with E-state index in [0.29, 0.717) is 29.9 Å². The molecule has 7 heteroatoms.